The van der Waals surface area contributed by atoms with Gasteiger partial charge in [-0.2, -0.15) is 0 Å². The fourth-order valence-electron chi connectivity index (χ4n) is 0.918. The molecule has 2 N–H and O–H groups in total. The first-order chi connectivity index (χ1) is 7.16. The van der Waals surface area contributed by atoms with E-state index in [2.05, 4.69) is 5.32 Å². The van der Waals surface area contributed by atoms with Crippen LogP contribution in [0.25, 0.3) is 0 Å². The van der Waals surface area contributed by atoms with E-state index < -0.39 is 6.17 Å². The number of alkyl halides is 1. The molecule has 0 aliphatic heterocycles. The van der Waals surface area contributed by atoms with Gasteiger partial charge in [0.25, 0.3) is 0 Å². The Morgan fingerprint density at radius 1 is 1.20 bits per heavy atom. The molecule has 0 aromatic heterocycles. The minimum Gasteiger partial charge on any atom is -0.394 e. The smallest absolute Gasteiger partial charge is 0.136 e. The molecule has 15 heavy (non-hydrogen) atoms. The Labute approximate surface area is 90.8 Å². The lowest BCUT2D eigenvalue weighted by atomic mass is 10.3. The summed E-state index contributed by atoms with van der Waals surface area (Å²) in [6.07, 6.45) is -0.981. The number of rotatable bonds is 10. The van der Waals surface area contributed by atoms with Crippen molar-refractivity contribution >= 4 is 0 Å². The molecule has 0 spiro atoms. The zero-order valence-electron chi connectivity index (χ0n) is 9.54. The second-order valence-electron chi connectivity index (χ2n) is 3.57. The third-order valence-electron chi connectivity index (χ3n) is 1.65. The monoisotopic (exact) mass is 223 g/mol. The van der Waals surface area contributed by atoms with Crippen LogP contribution in [0.4, 0.5) is 4.39 Å². The first-order valence-corrected chi connectivity index (χ1v) is 5.30. The van der Waals surface area contributed by atoms with Gasteiger partial charge in [-0.3, -0.25) is 0 Å². The number of halogens is 1. The van der Waals surface area contributed by atoms with Gasteiger partial charge in [-0.05, 0) is 0 Å². The Kier molecular flexibility index (Phi) is 10.1. The van der Waals surface area contributed by atoms with Crippen LogP contribution < -0.4 is 5.32 Å². The number of nitrogens with one attached hydrogen (secondary N) is 1. The predicted molar refractivity (Wildman–Crippen MR) is 56.8 cm³/mol. The third-order valence-corrected chi connectivity index (χ3v) is 1.65. The molecule has 0 saturated carbocycles. The van der Waals surface area contributed by atoms with E-state index in [0.29, 0.717) is 26.4 Å². The van der Waals surface area contributed by atoms with Crippen molar-refractivity contribution in [1.29, 1.82) is 0 Å². The Bertz CT molecular complexity index is 136. The van der Waals surface area contributed by atoms with Crippen molar-refractivity contribution < 1.29 is 19.0 Å². The van der Waals surface area contributed by atoms with E-state index in [1.54, 1.807) is 0 Å². The summed E-state index contributed by atoms with van der Waals surface area (Å²) in [6, 6.07) is 0.288. The minimum absolute atomic E-state index is 0.00401. The van der Waals surface area contributed by atoms with Crippen LogP contribution in [-0.4, -0.2) is 56.9 Å². The lowest BCUT2D eigenvalue weighted by molar-refractivity contribution is 0.0164. The second-order valence-corrected chi connectivity index (χ2v) is 3.57. The van der Waals surface area contributed by atoms with Crippen LogP contribution in [0, 0.1) is 0 Å². The molecule has 0 aromatic carbocycles. The summed E-state index contributed by atoms with van der Waals surface area (Å²) in [5, 5.41) is 11.4. The molecule has 0 radical (unpaired) electrons. The molecule has 0 aromatic rings. The molecular weight excluding hydrogens is 201 g/mol. The van der Waals surface area contributed by atoms with Crippen LogP contribution in [0.1, 0.15) is 13.8 Å². The lowest BCUT2D eigenvalue weighted by Gasteiger charge is -2.12. The summed E-state index contributed by atoms with van der Waals surface area (Å²) in [7, 11) is 0. The molecule has 92 valence electrons. The highest BCUT2D eigenvalue weighted by Gasteiger charge is 2.06. The number of aliphatic hydroxyl groups is 1. The maximum Gasteiger partial charge on any atom is 0.136 e. The highest BCUT2D eigenvalue weighted by molar-refractivity contribution is 4.61. The summed E-state index contributed by atoms with van der Waals surface area (Å²) >= 11 is 0. The average molecular weight is 223 g/mol. The van der Waals surface area contributed by atoms with Crippen LogP contribution in [0.15, 0.2) is 0 Å². The van der Waals surface area contributed by atoms with E-state index in [9.17, 15) is 4.39 Å². The van der Waals surface area contributed by atoms with Gasteiger partial charge in [0, 0.05) is 12.6 Å². The van der Waals surface area contributed by atoms with Crippen molar-refractivity contribution in [3.63, 3.8) is 0 Å². The van der Waals surface area contributed by atoms with Crippen molar-refractivity contribution in [3.8, 4) is 0 Å². The fourth-order valence-corrected chi connectivity index (χ4v) is 0.918. The van der Waals surface area contributed by atoms with Gasteiger partial charge in [0.1, 0.15) is 6.17 Å². The van der Waals surface area contributed by atoms with Crippen molar-refractivity contribution in [3.05, 3.63) is 0 Å². The molecule has 0 amide bonds. The van der Waals surface area contributed by atoms with Gasteiger partial charge < -0.3 is 19.9 Å². The highest BCUT2D eigenvalue weighted by atomic mass is 19.1. The van der Waals surface area contributed by atoms with Gasteiger partial charge in [-0.15, -0.1) is 0 Å². The van der Waals surface area contributed by atoms with Gasteiger partial charge in [0.15, 0.2) is 0 Å². The van der Waals surface area contributed by atoms with E-state index in [-0.39, 0.29) is 19.3 Å². The van der Waals surface area contributed by atoms with Crippen LogP contribution in [0.2, 0.25) is 0 Å². The van der Waals surface area contributed by atoms with E-state index in [1.165, 1.54) is 0 Å². The molecule has 0 aliphatic rings. The van der Waals surface area contributed by atoms with Crippen molar-refractivity contribution in [2.45, 2.75) is 26.1 Å². The topological polar surface area (TPSA) is 50.7 Å². The Hall–Kier alpha value is -0.230. The Balaban J connectivity index is 3.13. The van der Waals surface area contributed by atoms with Crippen LogP contribution in [0.5, 0.6) is 0 Å². The predicted octanol–water partition coefficient (Wildman–Crippen LogP) is 0.348. The summed E-state index contributed by atoms with van der Waals surface area (Å²) in [6.45, 7) is 5.40. The molecule has 0 aliphatic carbocycles. The minimum atomic E-state index is -0.981. The third kappa shape index (κ3) is 11.7. The van der Waals surface area contributed by atoms with E-state index in [0.717, 1.165) is 0 Å². The van der Waals surface area contributed by atoms with E-state index in [4.69, 9.17) is 14.6 Å². The van der Waals surface area contributed by atoms with Gasteiger partial charge in [0.05, 0.1) is 33.0 Å². The van der Waals surface area contributed by atoms with Gasteiger partial charge in [-0.25, -0.2) is 4.39 Å². The number of ether oxygens (including phenoxy) is 2. The van der Waals surface area contributed by atoms with Gasteiger partial charge in [-0.1, -0.05) is 13.8 Å². The molecule has 1 unspecified atom stereocenters. The van der Waals surface area contributed by atoms with Gasteiger partial charge in [0.2, 0.25) is 0 Å². The number of aliphatic hydroxyl groups excluding tert-OH is 1. The van der Waals surface area contributed by atoms with Crippen LogP contribution >= 0.6 is 0 Å². The fraction of sp³-hybridized carbons (Fsp3) is 1.00. The Morgan fingerprint density at radius 2 is 1.87 bits per heavy atom. The lowest BCUT2D eigenvalue weighted by Crippen LogP contribution is -2.32. The number of hydrogen-bond acceptors (Lipinski definition) is 4. The molecule has 5 heteroatoms. The highest BCUT2D eigenvalue weighted by Crippen LogP contribution is 1.91. The van der Waals surface area contributed by atoms with Crippen molar-refractivity contribution in [2.75, 3.05) is 39.6 Å². The van der Waals surface area contributed by atoms with Crippen LogP contribution in [0.3, 0.4) is 0 Å². The SMILES string of the molecule is CC(C)NCC(F)COCCOCCO. The molecule has 4 nitrogen and oxygen atoms in total. The summed E-state index contributed by atoms with van der Waals surface area (Å²) < 4.78 is 23.1. The van der Waals surface area contributed by atoms with Crippen molar-refractivity contribution in [2.24, 2.45) is 0 Å². The van der Waals surface area contributed by atoms with Crippen molar-refractivity contribution in [1.82, 2.24) is 5.32 Å². The summed E-state index contributed by atoms with van der Waals surface area (Å²) in [5.41, 5.74) is 0. The molecular formula is C10H22FNO3. The first-order valence-electron chi connectivity index (χ1n) is 5.30. The maximum atomic E-state index is 13.1. The normalized spacial score (nSPS) is 13.4. The van der Waals surface area contributed by atoms with E-state index in [1.807, 2.05) is 13.8 Å². The molecule has 0 heterocycles. The first kappa shape index (κ1) is 14.8. The zero-order valence-corrected chi connectivity index (χ0v) is 9.54. The summed E-state index contributed by atoms with van der Waals surface area (Å²) in [5.74, 6) is 0. The Morgan fingerprint density at radius 3 is 2.47 bits per heavy atom. The molecule has 0 saturated heterocycles. The van der Waals surface area contributed by atoms with Gasteiger partial charge >= 0.3 is 0 Å². The maximum absolute atomic E-state index is 13.1. The largest absolute Gasteiger partial charge is 0.394 e. The molecule has 0 bridgehead atoms. The van der Waals surface area contributed by atoms with E-state index >= 15 is 0 Å². The molecule has 1 atom stereocenters. The molecule has 0 rings (SSSR count). The summed E-state index contributed by atoms with van der Waals surface area (Å²) in [4.78, 5) is 0. The quantitative estimate of drug-likeness (QED) is 0.525. The second kappa shape index (κ2) is 10.3. The number of hydrogen-bond donors (Lipinski definition) is 2. The standard InChI is InChI=1S/C10H22FNO3/c1-9(2)12-7-10(11)8-15-6-5-14-4-3-13/h9-10,12-13H,3-8H2,1-2H3. The average Bonchev–Trinajstić information content (AvgIpc) is 2.20. The van der Waals surface area contributed by atoms with Crippen LogP contribution in [-0.2, 0) is 9.47 Å². The zero-order chi connectivity index (χ0) is 11.5. The molecule has 0 fully saturated rings.